The molecule has 1 aromatic carbocycles. The van der Waals surface area contributed by atoms with E-state index in [4.69, 9.17) is 9.47 Å². The summed E-state index contributed by atoms with van der Waals surface area (Å²) < 4.78 is 62.5. The van der Waals surface area contributed by atoms with Crippen LogP contribution in [0.3, 0.4) is 0 Å². The van der Waals surface area contributed by atoms with Gasteiger partial charge in [-0.25, -0.2) is 21.9 Å². The molecule has 0 unspecified atom stereocenters. The second-order valence-corrected chi connectivity index (χ2v) is 6.61. The van der Waals surface area contributed by atoms with Crippen molar-refractivity contribution in [1.29, 1.82) is 0 Å². The molecule has 0 aromatic heterocycles. The molecule has 0 heterocycles. The molecule has 0 saturated heterocycles. The number of hydrogen-bond donors (Lipinski definition) is 1. The van der Waals surface area contributed by atoms with Gasteiger partial charge in [0.25, 0.3) is 0 Å². The first-order valence-electron chi connectivity index (χ1n) is 6.09. The van der Waals surface area contributed by atoms with Crippen LogP contribution in [0, 0.1) is 11.6 Å². The van der Waals surface area contributed by atoms with Gasteiger partial charge in [-0.2, -0.15) is 0 Å². The van der Waals surface area contributed by atoms with Gasteiger partial charge < -0.3 is 9.47 Å². The van der Waals surface area contributed by atoms with Crippen molar-refractivity contribution in [3.63, 3.8) is 0 Å². The van der Waals surface area contributed by atoms with Gasteiger partial charge >= 0.3 is 0 Å². The van der Waals surface area contributed by atoms with Gasteiger partial charge in [-0.1, -0.05) is 0 Å². The van der Waals surface area contributed by atoms with Crippen LogP contribution in [0.5, 0.6) is 0 Å². The van der Waals surface area contributed by atoms with Crippen molar-refractivity contribution >= 4 is 26.0 Å². The van der Waals surface area contributed by atoms with Crippen LogP contribution >= 0.6 is 15.9 Å². The van der Waals surface area contributed by atoms with E-state index in [1.165, 1.54) is 0 Å². The van der Waals surface area contributed by atoms with Crippen LogP contribution in [0.25, 0.3) is 0 Å². The van der Waals surface area contributed by atoms with E-state index >= 15 is 0 Å². The van der Waals surface area contributed by atoms with E-state index < -0.39 is 26.6 Å². The molecule has 5 nitrogen and oxygen atoms in total. The van der Waals surface area contributed by atoms with Crippen molar-refractivity contribution in [1.82, 2.24) is 4.72 Å². The van der Waals surface area contributed by atoms with Gasteiger partial charge in [-0.05, 0) is 28.4 Å². The molecule has 1 aromatic rings. The Hall–Kier alpha value is -0.610. The zero-order valence-corrected chi connectivity index (χ0v) is 13.8. The van der Waals surface area contributed by atoms with Gasteiger partial charge in [-0.15, -0.1) is 0 Å². The molecule has 0 amide bonds. The lowest BCUT2D eigenvalue weighted by molar-refractivity contribution is 0.0699. The van der Waals surface area contributed by atoms with E-state index in [-0.39, 0.29) is 11.0 Å². The number of rotatable bonds is 9. The maximum absolute atomic E-state index is 13.6. The molecule has 120 valence electrons. The second-order valence-electron chi connectivity index (χ2n) is 4.06. The largest absolute Gasteiger partial charge is 0.382 e. The third kappa shape index (κ3) is 5.95. The highest BCUT2D eigenvalue weighted by Gasteiger charge is 2.23. The maximum Gasteiger partial charge on any atom is 0.244 e. The first-order valence-corrected chi connectivity index (χ1v) is 8.37. The summed E-state index contributed by atoms with van der Waals surface area (Å²) in [6, 6.07) is 1.42. The summed E-state index contributed by atoms with van der Waals surface area (Å²) >= 11 is 2.85. The highest BCUT2D eigenvalue weighted by Crippen LogP contribution is 2.25. The summed E-state index contributed by atoms with van der Waals surface area (Å²) in [4.78, 5) is -0.607. The fourth-order valence-electron chi connectivity index (χ4n) is 1.48. The molecule has 0 aliphatic rings. The quantitative estimate of drug-likeness (QED) is 0.658. The van der Waals surface area contributed by atoms with Crippen LogP contribution in [0.1, 0.15) is 6.42 Å². The van der Waals surface area contributed by atoms with E-state index in [9.17, 15) is 17.2 Å². The van der Waals surface area contributed by atoms with E-state index in [0.717, 1.165) is 6.07 Å². The maximum atomic E-state index is 13.6. The Kier molecular flexibility index (Phi) is 7.67. The van der Waals surface area contributed by atoms with E-state index in [1.54, 1.807) is 7.11 Å². The summed E-state index contributed by atoms with van der Waals surface area (Å²) in [5.41, 5.74) is 0. The Labute approximate surface area is 130 Å². The van der Waals surface area contributed by atoms with Crippen molar-refractivity contribution in [3.05, 3.63) is 28.2 Å². The minimum Gasteiger partial charge on any atom is -0.382 e. The van der Waals surface area contributed by atoms with Crippen molar-refractivity contribution in [2.24, 2.45) is 0 Å². The summed E-state index contributed by atoms with van der Waals surface area (Å²) in [7, 11) is -2.51. The molecule has 0 aliphatic heterocycles. The molecule has 1 rings (SSSR count). The SMILES string of the molecule is COCCOCCCNS(=O)(=O)c1c(F)cc(F)cc1Br. The normalized spacial score (nSPS) is 11.8. The molecule has 0 saturated carbocycles. The third-order valence-corrected chi connectivity index (χ3v) is 4.85. The van der Waals surface area contributed by atoms with E-state index in [2.05, 4.69) is 20.7 Å². The Balaban J connectivity index is 2.55. The molecule has 0 radical (unpaired) electrons. The van der Waals surface area contributed by atoms with Crippen LogP contribution in [-0.4, -0.2) is 41.9 Å². The van der Waals surface area contributed by atoms with Crippen molar-refractivity contribution in [2.45, 2.75) is 11.3 Å². The fraction of sp³-hybridized carbons (Fsp3) is 0.500. The highest BCUT2D eigenvalue weighted by atomic mass is 79.9. The average molecular weight is 388 g/mol. The van der Waals surface area contributed by atoms with Crippen LogP contribution in [0.2, 0.25) is 0 Å². The molecular formula is C12H16BrF2NO4S. The summed E-state index contributed by atoms with van der Waals surface area (Å²) in [5, 5.41) is 0. The lowest BCUT2D eigenvalue weighted by Gasteiger charge is -2.10. The first kappa shape index (κ1) is 18.4. The average Bonchev–Trinajstić information content (AvgIpc) is 2.35. The van der Waals surface area contributed by atoms with Gasteiger partial charge in [0.15, 0.2) is 0 Å². The van der Waals surface area contributed by atoms with E-state index in [0.29, 0.717) is 32.3 Å². The van der Waals surface area contributed by atoms with E-state index in [1.807, 2.05) is 0 Å². The lowest BCUT2D eigenvalue weighted by atomic mass is 10.3. The smallest absolute Gasteiger partial charge is 0.244 e. The molecule has 9 heteroatoms. The highest BCUT2D eigenvalue weighted by molar-refractivity contribution is 9.10. The predicted molar refractivity (Wildman–Crippen MR) is 76.6 cm³/mol. The number of hydrogen-bond acceptors (Lipinski definition) is 4. The zero-order chi connectivity index (χ0) is 15.9. The molecule has 21 heavy (non-hydrogen) atoms. The van der Waals surface area contributed by atoms with Gasteiger partial charge in [0.1, 0.15) is 16.5 Å². The monoisotopic (exact) mass is 387 g/mol. The molecule has 0 spiro atoms. The first-order chi connectivity index (χ1) is 9.88. The lowest BCUT2D eigenvalue weighted by Crippen LogP contribution is -2.27. The predicted octanol–water partition coefficient (Wildman–Crippen LogP) is 2.06. The second kappa shape index (κ2) is 8.74. The van der Waals surface area contributed by atoms with Gasteiger partial charge in [0.2, 0.25) is 10.0 Å². The fourth-order valence-corrected chi connectivity index (χ4v) is 3.72. The zero-order valence-electron chi connectivity index (χ0n) is 11.4. The standard InChI is InChI=1S/C12H16BrF2NO4S/c1-19-5-6-20-4-2-3-16-21(17,18)12-10(13)7-9(14)8-11(12)15/h7-8,16H,2-6H2,1H3. The molecule has 1 N–H and O–H groups in total. The number of ether oxygens (including phenoxy) is 2. The number of halogens is 3. The minimum atomic E-state index is -4.05. The molecule has 0 bridgehead atoms. The van der Waals surface area contributed by atoms with Gasteiger partial charge in [-0.3, -0.25) is 0 Å². The van der Waals surface area contributed by atoms with Crippen LogP contribution in [0.15, 0.2) is 21.5 Å². The van der Waals surface area contributed by atoms with Crippen LogP contribution < -0.4 is 4.72 Å². The summed E-state index contributed by atoms with van der Waals surface area (Å²) in [5.74, 6) is -2.00. The van der Waals surface area contributed by atoms with Crippen molar-refractivity contribution in [3.8, 4) is 0 Å². The number of sulfonamides is 1. The number of nitrogens with one attached hydrogen (secondary N) is 1. The van der Waals surface area contributed by atoms with Crippen molar-refractivity contribution in [2.75, 3.05) is 33.5 Å². The molecule has 0 fully saturated rings. The summed E-state index contributed by atoms with van der Waals surface area (Å²) in [6.45, 7) is 1.30. The van der Waals surface area contributed by atoms with Crippen LogP contribution in [0.4, 0.5) is 8.78 Å². The molecular weight excluding hydrogens is 372 g/mol. The third-order valence-electron chi connectivity index (χ3n) is 2.42. The Morgan fingerprint density at radius 3 is 2.57 bits per heavy atom. The number of methoxy groups -OCH3 is 1. The Morgan fingerprint density at radius 2 is 1.95 bits per heavy atom. The van der Waals surface area contributed by atoms with Crippen LogP contribution in [-0.2, 0) is 19.5 Å². The Bertz CT molecular complexity index is 545. The van der Waals surface area contributed by atoms with Gasteiger partial charge in [0, 0.05) is 30.8 Å². The molecule has 0 atom stereocenters. The van der Waals surface area contributed by atoms with Crippen molar-refractivity contribution < 1.29 is 26.7 Å². The summed E-state index contributed by atoms with van der Waals surface area (Å²) in [6.07, 6.45) is 0.420. The Morgan fingerprint density at radius 1 is 1.24 bits per heavy atom. The minimum absolute atomic E-state index is 0.0819. The number of benzene rings is 1. The topological polar surface area (TPSA) is 64.6 Å². The molecule has 0 aliphatic carbocycles. The van der Waals surface area contributed by atoms with Gasteiger partial charge in [0.05, 0.1) is 13.2 Å².